The molecule has 2 unspecified atom stereocenters. The number of rotatable bonds is 2. The van der Waals surface area contributed by atoms with E-state index in [0.29, 0.717) is 18.8 Å². The number of hydrogen-bond acceptors (Lipinski definition) is 4. The molecule has 0 amide bonds. The first kappa shape index (κ1) is 13.6. The van der Waals surface area contributed by atoms with Crippen LogP contribution in [-0.4, -0.2) is 26.1 Å². The normalized spacial score (nSPS) is 31.9. The van der Waals surface area contributed by atoms with Crippen LogP contribution in [-0.2, 0) is 17.7 Å². The largest absolute Gasteiger partial charge is 0.478 e. The van der Waals surface area contributed by atoms with E-state index in [4.69, 9.17) is 9.47 Å². The molecule has 0 bridgehead atoms. The minimum Gasteiger partial charge on any atom is -0.478 e. The summed E-state index contributed by atoms with van der Waals surface area (Å²) in [6, 6.07) is 6.71. The van der Waals surface area contributed by atoms with E-state index in [0.717, 1.165) is 31.5 Å². The van der Waals surface area contributed by atoms with Gasteiger partial charge in [-0.2, -0.15) is 0 Å². The standard InChI is InChI=1S/C17H24N2O2/c1-3-16-14(8-18-10-20-16)6-12(1)5-13-2-4-17-15(7-13)9-19-11-21-17/h1,3,6,13,15,17-19H,2,4-5,7-11H2/t13?,15?,17-/m1/s1. The fraction of sp³-hybridized carbons (Fsp3) is 0.647. The van der Waals surface area contributed by atoms with Crippen molar-refractivity contribution in [1.29, 1.82) is 0 Å². The molecule has 2 fully saturated rings. The van der Waals surface area contributed by atoms with Crippen molar-refractivity contribution in [3.63, 3.8) is 0 Å². The lowest BCUT2D eigenvalue weighted by atomic mass is 9.76. The molecule has 21 heavy (non-hydrogen) atoms. The number of nitrogens with one attached hydrogen (secondary N) is 2. The molecule has 4 rings (SSSR count). The molecular weight excluding hydrogens is 264 g/mol. The molecule has 3 atom stereocenters. The first-order valence-corrected chi connectivity index (χ1v) is 8.16. The maximum Gasteiger partial charge on any atom is 0.139 e. The van der Waals surface area contributed by atoms with Crippen LogP contribution in [0.2, 0.25) is 0 Å². The molecule has 114 valence electrons. The first-order valence-electron chi connectivity index (χ1n) is 8.16. The molecule has 0 spiro atoms. The van der Waals surface area contributed by atoms with Gasteiger partial charge < -0.3 is 9.47 Å². The molecule has 4 heteroatoms. The van der Waals surface area contributed by atoms with Gasteiger partial charge in [-0.15, -0.1) is 0 Å². The molecule has 1 saturated heterocycles. The summed E-state index contributed by atoms with van der Waals surface area (Å²) >= 11 is 0. The molecule has 4 nitrogen and oxygen atoms in total. The summed E-state index contributed by atoms with van der Waals surface area (Å²) in [4.78, 5) is 0. The third kappa shape index (κ3) is 2.93. The number of ether oxygens (including phenoxy) is 2. The summed E-state index contributed by atoms with van der Waals surface area (Å²) < 4.78 is 11.4. The van der Waals surface area contributed by atoms with Gasteiger partial charge >= 0.3 is 0 Å². The summed E-state index contributed by atoms with van der Waals surface area (Å²) in [7, 11) is 0. The SMILES string of the molecule is c1cc2c(cc1CC1CC[C@H]3OCNCC3C1)CNCO2. The summed E-state index contributed by atoms with van der Waals surface area (Å²) in [6.45, 7) is 3.42. The second-order valence-corrected chi connectivity index (χ2v) is 6.60. The highest BCUT2D eigenvalue weighted by molar-refractivity contribution is 5.38. The van der Waals surface area contributed by atoms with Gasteiger partial charge in [-0.25, -0.2) is 0 Å². The van der Waals surface area contributed by atoms with Gasteiger partial charge in [0.15, 0.2) is 0 Å². The molecule has 3 aliphatic rings. The number of benzene rings is 1. The van der Waals surface area contributed by atoms with E-state index >= 15 is 0 Å². The molecule has 0 aromatic heterocycles. The topological polar surface area (TPSA) is 42.5 Å². The van der Waals surface area contributed by atoms with Gasteiger partial charge in [0.05, 0.1) is 12.8 Å². The zero-order chi connectivity index (χ0) is 14.1. The molecule has 1 aromatic carbocycles. The Balaban J connectivity index is 1.41. The maximum absolute atomic E-state index is 5.82. The average molecular weight is 288 g/mol. The summed E-state index contributed by atoms with van der Waals surface area (Å²) in [5.74, 6) is 2.55. The van der Waals surface area contributed by atoms with E-state index in [1.807, 2.05) is 0 Å². The maximum atomic E-state index is 5.82. The van der Waals surface area contributed by atoms with E-state index in [2.05, 4.69) is 28.8 Å². The average Bonchev–Trinajstić information content (AvgIpc) is 2.55. The van der Waals surface area contributed by atoms with E-state index in [1.165, 1.54) is 36.8 Å². The van der Waals surface area contributed by atoms with Crippen molar-refractivity contribution < 1.29 is 9.47 Å². The fourth-order valence-electron chi connectivity index (χ4n) is 4.05. The smallest absolute Gasteiger partial charge is 0.139 e. The van der Waals surface area contributed by atoms with Crippen molar-refractivity contribution in [2.75, 3.05) is 20.0 Å². The van der Waals surface area contributed by atoms with Crippen molar-refractivity contribution in [2.24, 2.45) is 11.8 Å². The molecule has 2 N–H and O–H groups in total. The quantitative estimate of drug-likeness (QED) is 0.874. The Bertz CT molecular complexity index is 506. The molecule has 1 aliphatic carbocycles. The van der Waals surface area contributed by atoms with Gasteiger partial charge in [0.2, 0.25) is 0 Å². The fourth-order valence-corrected chi connectivity index (χ4v) is 4.05. The van der Waals surface area contributed by atoms with Crippen LogP contribution >= 0.6 is 0 Å². The molecule has 2 aliphatic heterocycles. The van der Waals surface area contributed by atoms with E-state index in [1.54, 1.807) is 0 Å². The predicted octanol–water partition coefficient (Wildman–Crippen LogP) is 2.03. The van der Waals surface area contributed by atoms with Gasteiger partial charge in [-0.3, -0.25) is 10.6 Å². The van der Waals surface area contributed by atoms with Crippen molar-refractivity contribution in [2.45, 2.75) is 38.3 Å². The Kier molecular flexibility index (Phi) is 3.84. The van der Waals surface area contributed by atoms with Gasteiger partial charge in [-0.05, 0) is 49.1 Å². The van der Waals surface area contributed by atoms with Crippen molar-refractivity contribution >= 4 is 0 Å². The highest BCUT2D eigenvalue weighted by Crippen LogP contribution is 2.35. The second-order valence-electron chi connectivity index (χ2n) is 6.60. The third-order valence-corrected chi connectivity index (χ3v) is 5.12. The van der Waals surface area contributed by atoms with Gasteiger partial charge in [0.25, 0.3) is 0 Å². The van der Waals surface area contributed by atoms with Crippen molar-refractivity contribution in [3.8, 4) is 5.75 Å². The van der Waals surface area contributed by atoms with E-state index in [9.17, 15) is 0 Å². The lowest BCUT2D eigenvalue weighted by Gasteiger charge is -2.39. The van der Waals surface area contributed by atoms with E-state index < -0.39 is 0 Å². The third-order valence-electron chi connectivity index (χ3n) is 5.12. The summed E-state index contributed by atoms with van der Waals surface area (Å²) in [6.07, 6.45) is 5.52. The van der Waals surface area contributed by atoms with Crippen molar-refractivity contribution in [1.82, 2.24) is 10.6 Å². The summed E-state index contributed by atoms with van der Waals surface area (Å²) in [5, 5.41) is 6.62. The number of hydrogen-bond donors (Lipinski definition) is 2. The van der Waals surface area contributed by atoms with Gasteiger partial charge in [-0.1, -0.05) is 12.1 Å². The zero-order valence-corrected chi connectivity index (χ0v) is 12.4. The Morgan fingerprint density at radius 3 is 3.14 bits per heavy atom. The van der Waals surface area contributed by atoms with E-state index in [-0.39, 0.29) is 0 Å². The highest BCUT2D eigenvalue weighted by atomic mass is 16.5. The van der Waals surface area contributed by atoms with Gasteiger partial charge in [0, 0.05) is 18.7 Å². The van der Waals surface area contributed by atoms with Crippen LogP contribution in [0.3, 0.4) is 0 Å². The molecule has 1 aromatic rings. The minimum absolute atomic E-state index is 0.503. The lowest BCUT2D eigenvalue weighted by Crippen LogP contribution is -2.45. The Labute approximate surface area is 126 Å². The predicted molar refractivity (Wildman–Crippen MR) is 81.1 cm³/mol. The van der Waals surface area contributed by atoms with Gasteiger partial charge in [0.1, 0.15) is 12.5 Å². The van der Waals surface area contributed by atoms with Crippen LogP contribution in [0.15, 0.2) is 18.2 Å². The lowest BCUT2D eigenvalue weighted by molar-refractivity contribution is -0.0620. The Hall–Kier alpha value is -1.10. The van der Waals surface area contributed by atoms with Crippen LogP contribution in [0.1, 0.15) is 30.4 Å². The minimum atomic E-state index is 0.503. The molecular formula is C17H24N2O2. The van der Waals surface area contributed by atoms with Crippen LogP contribution in [0.4, 0.5) is 0 Å². The van der Waals surface area contributed by atoms with Crippen LogP contribution in [0.25, 0.3) is 0 Å². The van der Waals surface area contributed by atoms with Crippen LogP contribution in [0.5, 0.6) is 5.75 Å². The first-order chi connectivity index (χ1) is 10.4. The highest BCUT2D eigenvalue weighted by Gasteiger charge is 2.33. The Morgan fingerprint density at radius 1 is 1.14 bits per heavy atom. The molecule has 2 heterocycles. The zero-order valence-electron chi connectivity index (χ0n) is 12.4. The second kappa shape index (κ2) is 5.95. The Morgan fingerprint density at radius 2 is 2.14 bits per heavy atom. The summed E-state index contributed by atoms with van der Waals surface area (Å²) in [5.41, 5.74) is 2.75. The van der Waals surface area contributed by atoms with Crippen LogP contribution < -0.4 is 15.4 Å². The number of fused-ring (bicyclic) bond motifs is 2. The molecule has 1 saturated carbocycles. The molecule has 0 radical (unpaired) electrons. The van der Waals surface area contributed by atoms with Crippen molar-refractivity contribution in [3.05, 3.63) is 29.3 Å². The van der Waals surface area contributed by atoms with Crippen LogP contribution in [0, 0.1) is 11.8 Å². The monoisotopic (exact) mass is 288 g/mol.